The summed E-state index contributed by atoms with van der Waals surface area (Å²) in [5.74, 6) is 1.66. The largest absolute Gasteiger partial charge is 0.377 e. The van der Waals surface area contributed by atoms with E-state index in [1.54, 1.807) is 0 Å². The van der Waals surface area contributed by atoms with Crippen LogP contribution in [0.15, 0.2) is 36.4 Å². The van der Waals surface area contributed by atoms with Crippen molar-refractivity contribution >= 4 is 22.8 Å². The van der Waals surface area contributed by atoms with Gasteiger partial charge in [0.15, 0.2) is 5.65 Å². The Kier molecular flexibility index (Phi) is 7.43. The molecule has 0 radical (unpaired) electrons. The molecule has 5 heterocycles. The molecule has 0 saturated carbocycles. The van der Waals surface area contributed by atoms with Crippen molar-refractivity contribution in [3.05, 3.63) is 42.0 Å². The summed E-state index contributed by atoms with van der Waals surface area (Å²) < 4.78 is 16.7. The Morgan fingerprint density at radius 1 is 0.895 bits per heavy atom. The lowest BCUT2D eigenvalue weighted by molar-refractivity contribution is 0.0973. The number of morpholine rings is 2. The van der Waals surface area contributed by atoms with Gasteiger partial charge in [0, 0.05) is 31.2 Å². The first-order chi connectivity index (χ1) is 18.5. The van der Waals surface area contributed by atoms with Gasteiger partial charge in [0.1, 0.15) is 5.82 Å². The highest BCUT2D eigenvalue weighted by Crippen LogP contribution is 2.31. The second-order valence-electron chi connectivity index (χ2n) is 10.8. The van der Waals surface area contributed by atoms with Crippen LogP contribution in [-0.4, -0.2) is 85.3 Å². The molecular weight excluding hydrogens is 480 g/mol. The van der Waals surface area contributed by atoms with Gasteiger partial charge in [0.25, 0.3) is 0 Å². The van der Waals surface area contributed by atoms with Gasteiger partial charge in [0.05, 0.1) is 62.3 Å². The van der Waals surface area contributed by atoms with Crippen LogP contribution < -0.4 is 15.1 Å². The van der Waals surface area contributed by atoms with Gasteiger partial charge >= 0.3 is 0 Å². The van der Waals surface area contributed by atoms with E-state index in [0.717, 1.165) is 66.7 Å². The Balaban J connectivity index is 1.29. The highest BCUT2D eigenvalue weighted by molar-refractivity contribution is 5.90. The molecule has 9 nitrogen and oxygen atoms in total. The summed E-state index contributed by atoms with van der Waals surface area (Å²) in [6.07, 6.45) is 1.51. The zero-order valence-electron chi connectivity index (χ0n) is 22.6. The molecule has 3 aliphatic rings. The third-order valence-electron chi connectivity index (χ3n) is 7.72. The van der Waals surface area contributed by atoms with E-state index in [4.69, 9.17) is 29.2 Å². The maximum Gasteiger partial charge on any atom is 0.229 e. The molecule has 0 spiro atoms. The molecule has 38 heavy (non-hydrogen) atoms. The molecule has 0 amide bonds. The number of fused-ring (bicyclic) bond motifs is 1. The first-order valence-corrected chi connectivity index (χ1v) is 13.9. The number of epoxide rings is 1. The summed E-state index contributed by atoms with van der Waals surface area (Å²) in [5, 5.41) is 4.57. The standard InChI is InChI=1S/C29H38N6O3/c1-19(14-24-18-38-24)30-15-22-4-6-23(7-5-22)26-9-8-25-27(31-26)32-29(35-11-13-37-17-21(35)3)33-28(25)34-10-12-36-16-20(34)2/h4-9,19-21,24,30H,10-18H2,1-3H3/t19?,20-,21-,24?/m0/s1. The molecule has 202 valence electrons. The lowest BCUT2D eigenvalue weighted by Gasteiger charge is -2.37. The quantitative estimate of drug-likeness (QED) is 0.451. The number of benzene rings is 1. The molecule has 2 aromatic heterocycles. The number of rotatable bonds is 8. The molecule has 1 aromatic carbocycles. The van der Waals surface area contributed by atoms with E-state index >= 15 is 0 Å². The molecule has 0 bridgehead atoms. The molecule has 3 saturated heterocycles. The summed E-state index contributed by atoms with van der Waals surface area (Å²) >= 11 is 0. The van der Waals surface area contributed by atoms with E-state index in [0.29, 0.717) is 38.6 Å². The van der Waals surface area contributed by atoms with Gasteiger partial charge in [-0.15, -0.1) is 0 Å². The van der Waals surface area contributed by atoms with E-state index in [9.17, 15) is 0 Å². The average molecular weight is 519 g/mol. The lowest BCUT2D eigenvalue weighted by atomic mass is 10.1. The molecule has 1 N–H and O–H groups in total. The fourth-order valence-corrected chi connectivity index (χ4v) is 5.32. The van der Waals surface area contributed by atoms with Crippen LogP contribution in [-0.2, 0) is 20.8 Å². The van der Waals surface area contributed by atoms with Crippen LogP contribution in [0.3, 0.4) is 0 Å². The van der Waals surface area contributed by atoms with Gasteiger partial charge in [-0.25, -0.2) is 4.98 Å². The van der Waals surface area contributed by atoms with Gasteiger partial charge in [-0.3, -0.25) is 0 Å². The number of nitrogens with zero attached hydrogens (tertiary/aromatic N) is 5. The topological polar surface area (TPSA) is 88.2 Å². The van der Waals surface area contributed by atoms with Crippen molar-refractivity contribution in [3.8, 4) is 11.3 Å². The predicted octanol–water partition coefficient (Wildman–Crippen LogP) is 3.41. The van der Waals surface area contributed by atoms with Gasteiger partial charge in [0.2, 0.25) is 5.95 Å². The Labute approximate surface area is 224 Å². The van der Waals surface area contributed by atoms with Crippen LogP contribution in [0.25, 0.3) is 22.3 Å². The van der Waals surface area contributed by atoms with Crippen molar-refractivity contribution in [2.45, 2.75) is 58.0 Å². The van der Waals surface area contributed by atoms with Crippen molar-refractivity contribution in [1.82, 2.24) is 20.3 Å². The van der Waals surface area contributed by atoms with E-state index in [1.807, 2.05) is 0 Å². The normalized spacial score (nSPS) is 24.6. The Bertz CT molecular complexity index is 1250. The lowest BCUT2D eigenvalue weighted by Crippen LogP contribution is -2.46. The molecule has 3 aliphatic heterocycles. The van der Waals surface area contributed by atoms with Crippen LogP contribution in [0.1, 0.15) is 32.8 Å². The smallest absolute Gasteiger partial charge is 0.229 e. The second-order valence-corrected chi connectivity index (χ2v) is 10.8. The third-order valence-corrected chi connectivity index (χ3v) is 7.72. The number of nitrogens with one attached hydrogen (secondary N) is 1. The van der Waals surface area contributed by atoms with Gasteiger partial charge in [-0.1, -0.05) is 24.3 Å². The van der Waals surface area contributed by atoms with Crippen molar-refractivity contribution in [3.63, 3.8) is 0 Å². The van der Waals surface area contributed by atoms with Crippen molar-refractivity contribution < 1.29 is 14.2 Å². The molecule has 0 aliphatic carbocycles. The monoisotopic (exact) mass is 518 g/mol. The van der Waals surface area contributed by atoms with Crippen molar-refractivity contribution in [2.75, 3.05) is 55.9 Å². The molecule has 3 aromatic rings. The number of pyridine rings is 1. The summed E-state index contributed by atoms with van der Waals surface area (Å²) in [4.78, 5) is 19.7. The predicted molar refractivity (Wildman–Crippen MR) is 149 cm³/mol. The Hall–Kier alpha value is -2.85. The minimum atomic E-state index is 0.208. The SMILES string of the molecule is CC(CC1CO1)NCc1ccc(-c2ccc3c(N4CCOC[C@@H]4C)nc(N4CCOC[C@@H]4C)nc3n2)cc1. The highest BCUT2D eigenvalue weighted by atomic mass is 16.6. The van der Waals surface area contributed by atoms with Crippen LogP contribution in [0, 0.1) is 0 Å². The van der Waals surface area contributed by atoms with Gasteiger partial charge in [-0.05, 0) is 44.9 Å². The maximum absolute atomic E-state index is 5.71. The zero-order chi connectivity index (χ0) is 26.1. The van der Waals surface area contributed by atoms with Crippen LogP contribution in [0.2, 0.25) is 0 Å². The minimum absolute atomic E-state index is 0.208. The molecule has 6 rings (SSSR count). The fraction of sp³-hybridized carbons (Fsp3) is 0.552. The van der Waals surface area contributed by atoms with E-state index in [1.165, 1.54) is 5.56 Å². The van der Waals surface area contributed by atoms with Crippen LogP contribution in [0.4, 0.5) is 11.8 Å². The molecule has 3 fully saturated rings. The van der Waals surface area contributed by atoms with Crippen LogP contribution >= 0.6 is 0 Å². The third kappa shape index (κ3) is 5.61. The van der Waals surface area contributed by atoms with Crippen molar-refractivity contribution in [2.24, 2.45) is 0 Å². The summed E-state index contributed by atoms with van der Waals surface area (Å²) in [7, 11) is 0. The summed E-state index contributed by atoms with van der Waals surface area (Å²) in [6, 6.07) is 13.7. The number of hydrogen-bond donors (Lipinski definition) is 1. The summed E-state index contributed by atoms with van der Waals surface area (Å²) in [6.45, 7) is 12.6. The molecule has 4 atom stereocenters. The number of ether oxygens (including phenoxy) is 3. The van der Waals surface area contributed by atoms with Crippen LogP contribution in [0.5, 0.6) is 0 Å². The second kappa shape index (κ2) is 11.1. The van der Waals surface area contributed by atoms with Crippen molar-refractivity contribution in [1.29, 1.82) is 0 Å². The molecule has 2 unspecified atom stereocenters. The summed E-state index contributed by atoms with van der Waals surface area (Å²) in [5.41, 5.74) is 3.97. The first-order valence-electron chi connectivity index (χ1n) is 13.9. The fourth-order valence-electron chi connectivity index (χ4n) is 5.32. The first kappa shape index (κ1) is 25.4. The highest BCUT2D eigenvalue weighted by Gasteiger charge is 2.28. The molecule has 9 heteroatoms. The van der Waals surface area contributed by atoms with E-state index in [-0.39, 0.29) is 12.1 Å². The minimum Gasteiger partial charge on any atom is -0.377 e. The van der Waals surface area contributed by atoms with Gasteiger partial charge < -0.3 is 29.3 Å². The average Bonchev–Trinajstić information content (AvgIpc) is 3.76. The number of anilines is 2. The Morgan fingerprint density at radius 2 is 1.61 bits per heavy atom. The number of hydrogen-bond acceptors (Lipinski definition) is 9. The number of aromatic nitrogens is 3. The zero-order valence-corrected chi connectivity index (χ0v) is 22.6. The molecular formula is C29H38N6O3. The van der Waals surface area contributed by atoms with Gasteiger partial charge in [-0.2, -0.15) is 9.97 Å². The maximum atomic E-state index is 5.71. The Morgan fingerprint density at radius 3 is 2.29 bits per heavy atom. The van der Waals surface area contributed by atoms with E-state index < -0.39 is 0 Å². The van der Waals surface area contributed by atoms with E-state index in [2.05, 4.69) is 72.3 Å².